The first-order chi connectivity index (χ1) is 14.4. The predicted molar refractivity (Wildman–Crippen MR) is 113 cm³/mol. The summed E-state index contributed by atoms with van der Waals surface area (Å²) in [5.74, 6) is 1.10. The van der Waals surface area contributed by atoms with E-state index in [9.17, 15) is 14.7 Å². The molecule has 0 aliphatic carbocycles. The van der Waals surface area contributed by atoms with Gasteiger partial charge in [0.25, 0.3) is 11.8 Å². The van der Waals surface area contributed by atoms with Crippen LogP contribution in [-0.2, 0) is 9.59 Å². The Kier molecular flexibility index (Phi) is 7.17. The molecule has 2 aromatic rings. The largest absolute Gasteiger partial charge is 0.508 e. The topological polar surface area (TPSA) is 88.1 Å². The molecule has 2 aromatic carbocycles. The van der Waals surface area contributed by atoms with Crippen LogP contribution >= 0.6 is 0 Å². The Hall–Kier alpha value is -3.22. The van der Waals surface area contributed by atoms with E-state index in [1.807, 2.05) is 31.2 Å². The van der Waals surface area contributed by atoms with Gasteiger partial charge in [0, 0.05) is 19.1 Å². The summed E-state index contributed by atoms with van der Waals surface area (Å²) in [6, 6.07) is 13.9. The summed E-state index contributed by atoms with van der Waals surface area (Å²) in [7, 11) is 0. The fourth-order valence-corrected chi connectivity index (χ4v) is 3.33. The van der Waals surface area contributed by atoms with Gasteiger partial charge in [0.2, 0.25) is 0 Å². The number of nitrogens with one attached hydrogen (secondary N) is 1. The third-order valence-electron chi connectivity index (χ3n) is 5.06. The molecule has 160 valence electrons. The van der Waals surface area contributed by atoms with E-state index >= 15 is 0 Å². The van der Waals surface area contributed by atoms with E-state index < -0.39 is 6.10 Å². The molecular weight excluding hydrogens is 384 g/mol. The van der Waals surface area contributed by atoms with E-state index in [1.54, 1.807) is 24.0 Å². The molecule has 0 bridgehead atoms. The molecule has 1 unspecified atom stereocenters. The standard InChI is InChI=1S/C23H28N2O5/c1-16-3-7-20(8-4-16)29-15-22(27)24-18-11-13-25(14-12-18)23(28)17(2)30-21-9-5-19(26)6-10-21/h3-10,17-18,26H,11-15H2,1-2H3,(H,24,27). The molecule has 2 amide bonds. The zero-order valence-electron chi connectivity index (χ0n) is 17.3. The van der Waals surface area contributed by atoms with Gasteiger partial charge in [-0.05, 0) is 63.1 Å². The number of amides is 2. The average molecular weight is 412 g/mol. The van der Waals surface area contributed by atoms with Crippen molar-refractivity contribution in [1.29, 1.82) is 0 Å². The van der Waals surface area contributed by atoms with Crippen molar-refractivity contribution in [3.8, 4) is 17.2 Å². The number of phenolic OH excluding ortho intramolecular Hbond substituents is 1. The lowest BCUT2D eigenvalue weighted by Gasteiger charge is -2.33. The number of benzene rings is 2. The maximum Gasteiger partial charge on any atom is 0.263 e. The summed E-state index contributed by atoms with van der Waals surface area (Å²) in [5.41, 5.74) is 1.14. The molecule has 7 heteroatoms. The van der Waals surface area contributed by atoms with E-state index in [2.05, 4.69) is 5.32 Å². The quantitative estimate of drug-likeness (QED) is 0.730. The highest BCUT2D eigenvalue weighted by Gasteiger charge is 2.27. The van der Waals surface area contributed by atoms with Crippen LogP contribution in [0.4, 0.5) is 0 Å². The van der Waals surface area contributed by atoms with Crippen LogP contribution in [0.1, 0.15) is 25.3 Å². The minimum Gasteiger partial charge on any atom is -0.508 e. The first kappa shape index (κ1) is 21.5. The number of carbonyl (C=O) groups excluding carboxylic acids is 2. The van der Waals surface area contributed by atoms with Crippen molar-refractivity contribution in [2.45, 2.75) is 38.8 Å². The Labute approximate surface area is 176 Å². The van der Waals surface area contributed by atoms with Crippen LogP contribution in [0, 0.1) is 6.92 Å². The van der Waals surface area contributed by atoms with Crippen molar-refractivity contribution in [1.82, 2.24) is 10.2 Å². The first-order valence-electron chi connectivity index (χ1n) is 10.1. The van der Waals surface area contributed by atoms with Gasteiger partial charge >= 0.3 is 0 Å². The van der Waals surface area contributed by atoms with E-state index in [0.717, 1.165) is 5.56 Å². The van der Waals surface area contributed by atoms with Gasteiger partial charge in [-0.15, -0.1) is 0 Å². The van der Waals surface area contributed by atoms with E-state index in [4.69, 9.17) is 9.47 Å². The molecular formula is C23H28N2O5. The van der Waals surface area contributed by atoms with Gasteiger partial charge in [0.15, 0.2) is 12.7 Å². The minimum absolute atomic E-state index is 0.0245. The molecule has 1 aliphatic rings. The number of ether oxygens (including phenoxy) is 2. The van der Waals surface area contributed by atoms with Crippen molar-refractivity contribution in [2.24, 2.45) is 0 Å². The highest BCUT2D eigenvalue weighted by Crippen LogP contribution is 2.19. The Morgan fingerprint density at radius 2 is 1.67 bits per heavy atom. The highest BCUT2D eigenvalue weighted by molar-refractivity contribution is 5.81. The molecule has 2 N–H and O–H groups in total. The SMILES string of the molecule is Cc1ccc(OCC(=O)NC2CCN(C(=O)C(C)Oc3ccc(O)cc3)CC2)cc1. The van der Waals surface area contributed by atoms with Crippen molar-refractivity contribution >= 4 is 11.8 Å². The van der Waals surface area contributed by atoms with Crippen molar-refractivity contribution in [2.75, 3.05) is 19.7 Å². The summed E-state index contributed by atoms with van der Waals surface area (Å²) >= 11 is 0. The molecule has 0 saturated carbocycles. The lowest BCUT2D eigenvalue weighted by Crippen LogP contribution is -2.50. The van der Waals surface area contributed by atoms with Crippen molar-refractivity contribution < 1.29 is 24.2 Å². The predicted octanol–water partition coefficient (Wildman–Crippen LogP) is 2.65. The lowest BCUT2D eigenvalue weighted by molar-refractivity contribution is -0.139. The molecule has 3 rings (SSSR count). The Morgan fingerprint density at radius 1 is 1.07 bits per heavy atom. The van der Waals surface area contributed by atoms with E-state index in [-0.39, 0.29) is 30.2 Å². The first-order valence-corrected chi connectivity index (χ1v) is 10.1. The highest BCUT2D eigenvalue weighted by atomic mass is 16.5. The van der Waals surface area contributed by atoms with Gasteiger partial charge in [-0.25, -0.2) is 0 Å². The zero-order chi connectivity index (χ0) is 21.5. The molecule has 1 heterocycles. The number of hydrogen-bond donors (Lipinski definition) is 2. The van der Waals surface area contributed by atoms with E-state index in [0.29, 0.717) is 37.4 Å². The summed E-state index contributed by atoms with van der Waals surface area (Å²) < 4.78 is 11.2. The molecule has 1 saturated heterocycles. The van der Waals surface area contributed by atoms with Crippen LogP contribution in [0.5, 0.6) is 17.2 Å². The fourth-order valence-electron chi connectivity index (χ4n) is 3.33. The number of hydrogen-bond acceptors (Lipinski definition) is 5. The fraction of sp³-hybridized carbons (Fsp3) is 0.391. The number of aromatic hydroxyl groups is 1. The molecule has 1 atom stereocenters. The van der Waals surface area contributed by atoms with Gasteiger partial charge in [-0.2, -0.15) is 0 Å². The summed E-state index contributed by atoms with van der Waals surface area (Å²) in [5, 5.41) is 12.3. The van der Waals surface area contributed by atoms with Gasteiger partial charge in [-0.1, -0.05) is 17.7 Å². The number of phenols is 1. The molecule has 1 fully saturated rings. The van der Waals surface area contributed by atoms with Crippen molar-refractivity contribution in [3.05, 3.63) is 54.1 Å². The maximum atomic E-state index is 12.6. The number of piperidine rings is 1. The molecule has 7 nitrogen and oxygen atoms in total. The second-order valence-corrected chi connectivity index (χ2v) is 7.52. The van der Waals surface area contributed by atoms with Crippen LogP contribution in [0.2, 0.25) is 0 Å². The average Bonchev–Trinajstić information content (AvgIpc) is 2.75. The number of carbonyl (C=O) groups is 2. The van der Waals surface area contributed by atoms with Gasteiger partial charge in [0.1, 0.15) is 17.2 Å². The summed E-state index contributed by atoms with van der Waals surface area (Å²) in [6.45, 7) is 4.80. The molecule has 0 radical (unpaired) electrons. The van der Waals surface area contributed by atoms with Gasteiger partial charge < -0.3 is 24.8 Å². The van der Waals surface area contributed by atoms with Gasteiger partial charge in [-0.3, -0.25) is 9.59 Å². The number of aryl methyl sites for hydroxylation is 1. The van der Waals surface area contributed by atoms with Crippen LogP contribution in [0.3, 0.4) is 0 Å². The van der Waals surface area contributed by atoms with Gasteiger partial charge in [0.05, 0.1) is 0 Å². The second kappa shape index (κ2) is 10.0. The lowest BCUT2D eigenvalue weighted by atomic mass is 10.0. The zero-order valence-corrected chi connectivity index (χ0v) is 17.3. The third kappa shape index (κ3) is 6.14. The summed E-state index contributed by atoms with van der Waals surface area (Å²) in [6.07, 6.45) is 0.755. The number of nitrogens with zero attached hydrogens (tertiary/aromatic N) is 1. The molecule has 1 aliphatic heterocycles. The Morgan fingerprint density at radius 3 is 2.30 bits per heavy atom. The van der Waals surface area contributed by atoms with Crippen LogP contribution in [0.15, 0.2) is 48.5 Å². The maximum absolute atomic E-state index is 12.6. The minimum atomic E-state index is -0.622. The van der Waals surface area contributed by atoms with Crippen LogP contribution in [-0.4, -0.2) is 53.7 Å². The number of rotatable bonds is 7. The monoisotopic (exact) mass is 412 g/mol. The Balaban J connectivity index is 1.39. The molecule has 0 aromatic heterocycles. The normalized spacial score (nSPS) is 15.3. The summed E-state index contributed by atoms with van der Waals surface area (Å²) in [4.78, 5) is 26.5. The molecule has 0 spiro atoms. The second-order valence-electron chi connectivity index (χ2n) is 7.52. The van der Waals surface area contributed by atoms with Crippen molar-refractivity contribution in [3.63, 3.8) is 0 Å². The van der Waals surface area contributed by atoms with Crippen LogP contribution < -0.4 is 14.8 Å². The molecule has 30 heavy (non-hydrogen) atoms. The third-order valence-corrected chi connectivity index (χ3v) is 5.06. The Bertz CT molecular complexity index is 843. The van der Waals surface area contributed by atoms with E-state index in [1.165, 1.54) is 12.1 Å². The number of likely N-dealkylation sites (tertiary alicyclic amines) is 1. The smallest absolute Gasteiger partial charge is 0.263 e. The van der Waals surface area contributed by atoms with Crippen LogP contribution in [0.25, 0.3) is 0 Å².